The van der Waals surface area contributed by atoms with Crippen LogP contribution in [0, 0.1) is 0 Å². The number of β-amino-alcohol motifs (C(OH)–C–C–N with tert-alkyl or cyclic N) is 1. The third kappa shape index (κ3) is 2.69. The summed E-state index contributed by atoms with van der Waals surface area (Å²) in [6.07, 6.45) is 3.88. The Labute approximate surface area is 98.6 Å². The molecule has 0 saturated carbocycles. The summed E-state index contributed by atoms with van der Waals surface area (Å²) < 4.78 is 0. The van der Waals surface area contributed by atoms with Crippen LogP contribution in [0.3, 0.4) is 0 Å². The number of nitrogen functional groups attached to an aromatic ring is 1. The van der Waals surface area contributed by atoms with Gasteiger partial charge in [-0.05, 0) is 12.8 Å². The number of carbonyl (C=O) groups excluding carboxylic acids is 1. The fourth-order valence-corrected chi connectivity index (χ4v) is 1.81. The SMILES string of the molecule is NNc1cnc(C(=O)N2CCCC(O)C2)cn1. The summed E-state index contributed by atoms with van der Waals surface area (Å²) >= 11 is 0. The molecule has 1 amide bonds. The molecule has 1 saturated heterocycles. The molecule has 0 aromatic carbocycles. The van der Waals surface area contributed by atoms with E-state index < -0.39 is 6.10 Å². The van der Waals surface area contributed by atoms with Crippen molar-refractivity contribution in [1.29, 1.82) is 0 Å². The van der Waals surface area contributed by atoms with E-state index in [0.717, 1.165) is 12.8 Å². The molecule has 92 valence electrons. The molecule has 0 spiro atoms. The minimum absolute atomic E-state index is 0.208. The van der Waals surface area contributed by atoms with Crippen molar-refractivity contribution >= 4 is 11.7 Å². The maximum absolute atomic E-state index is 12.0. The third-order valence-electron chi connectivity index (χ3n) is 2.70. The number of aliphatic hydroxyl groups excluding tert-OH is 1. The van der Waals surface area contributed by atoms with E-state index in [2.05, 4.69) is 15.4 Å². The first-order chi connectivity index (χ1) is 8.20. The maximum atomic E-state index is 12.0. The number of hydrazine groups is 1. The molecule has 2 rings (SSSR count). The average molecular weight is 237 g/mol. The van der Waals surface area contributed by atoms with Crippen LogP contribution in [0.15, 0.2) is 12.4 Å². The van der Waals surface area contributed by atoms with Crippen molar-refractivity contribution < 1.29 is 9.90 Å². The van der Waals surface area contributed by atoms with E-state index in [-0.39, 0.29) is 11.6 Å². The second-order valence-electron chi connectivity index (χ2n) is 3.98. The highest BCUT2D eigenvalue weighted by Crippen LogP contribution is 2.12. The smallest absolute Gasteiger partial charge is 0.274 e. The topological polar surface area (TPSA) is 104 Å². The monoisotopic (exact) mass is 237 g/mol. The van der Waals surface area contributed by atoms with Gasteiger partial charge in [-0.3, -0.25) is 4.79 Å². The second-order valence-corrected chi connectivity index (χ2v) is 3.98. The van der Waals surface area contributed by atoms with Crippen LogP contribution in [0.1, 0.15) is 23.3 Å². The van der Waals surface area contributed by atoms with Gasteiger partial charge in [0.15, 0.2) is 5.82 Å². The molecule has 17 heavy (non-hydrogen) atoms. The number of aliphatic hydroxyl groups is 1. The molecule has 2 heterocycles. The zero-order valence-electron chi connectivity index (χ0n) is 9.33. The largest absolute Gasteiger partial charge is 0.391 e. The van der Waals surface area contributed by atoms with Gasteiger partial charge in [0.25, 0.3) is 5.91 Å². The maximum Gasteiger partial charge on any atom is 0.274 e. The van der Waals surface area contributed by atoms with Crippen molar-refractivity contribution in [1.82, 2.24) is 14.9 Å². The van der Waals surface area contributed by atoms with Crippen molar-refractivity contribution in [2.75, 3.05) is 18.5 Å². The number of hydrogen-bond donors (Lipinski definition) is 3. The van der Waals surface area contributed by atoms with Gasteiger partial charge in [-0.25, -0.2) is 15.8 Å². The Bertz CT molecular complexity index is 394. The fraction of sp³-hybridized carbons (Fsp3) is 0.500. The Hall–Kier alpha value is -1.73. The van der Waals surface area contributed by atoms with Crippen LogP contribution in [-0.4, -0.2) is 45.1 Å². The average Bonchev–Trinajstić information content (AvgIpc) is 2.38. The fourth-order valence-electron chi connectivity index (χ4n) is 1.81. The Morgan fingerprint density at radius 2 is 2.35 bits per heavy atom. The summed E-state index contributed by atoms with van der Waals surface area (Å²) in [5.74, 6) is 5.35. The molecule has 1 atom stereocenters. The molecule has 1 aromatic rings. The number of carbonyl (C=O) groups is 1. The van der Waals surface area contributed by atoms with Crippen molar-refractivity contribution in [3.8, 4) is 0 Å². The highest BCUT2D eigenvalue weighted by molar-refractivity contribution is 5.92. The number of anilines is 1. The summed E-state index contributed by atoms with van der Waals surface area (Å²) in [4.78, 5) is 21.5. The van der Waals surface area contributed by atoms with Gasteiger partial charge in [-0.15, -0.1) is 0 Å². The summed E-state index contributed by atoms with van der Waals surface area (Å²) in [6, 6.07) is 0. The van der Waals surface area contributed by atoms with E-state index in [0.29, 0.717) is 18.9 Å². The Kier molecular flexibility index (Phi) is 3.50. The van der Waals surface area contributed by atoms with Gasteiger partial charge in [0.2, 0.25) is 0 Å². The number of rotatable bonds is 2. The van der Waals surface area contributed by atoms with Crippen LogP contribution >= 0.6 is 0 Å². The van der Waals surface area contributed by atoms with E-state index in [4.69, 9.17) is 5.84 Å². The Morgan fingerprint density at radius 1 is 1.53 bits per heavy atom. The lowest BCUT2D eigenvalue weighted by Crippen LogP contribution is -2.42. The molecule has 1 aliphatic heterocycles. The third-order valence-corrected chi connectivity index (χ3v) is 2.70. The number of amides is 1. The van der Waals surface area contributed by atoms with Gasteiger partial charge < -0.3 is 15.4 Å². The highest BCUT2D eigenvalue weighted by Gasteiger charge is 2.23. The lowest BCUT2D eigenvalue weighted by atomic mass is 10.1. The van der Waals surface area contributed by atoms with Gasteiger partial charge in [-0.2, -0.15) is 0 Å². The van der Waals surface area contributed by atoms with Gasteiger partial charge >= 0.3 is 0 Å². The number of hydrogen-bond acceptors (Lipinski definition) is 6. The zero-order valence-corrected chi connectivity index (χ0v) is 9.33. The van der Waals surface area contributed by atoms with Crippen molar-refractivity contribution in [3.05, 3.63) is 18.1 Å². The molecule has 7 nitrogen and oxygen atoms in total. The molecule has 0 aliphatic carbocycles. The minimum atomic E-state index is -0.439. The number of piperidine rings is 1. The number of nitrogens with one attached hydrogen (secondary N) is 1. The van der Waals surface area contributed by atoms with Crippen LogP contribution in [0.2, 0.25) is 0 Å². The second kappa shape index (κ2) is 5.07. The number of likely N-dealkylation sites (tertiary alicyclic amines) is 1. The lowest BCUT2D eigenvalue weighted by molar-refractivity contribution is 0.0468. The Morgan fingerprint density at radius 3 is 2.94 bits per heavy atom. The van der Waals surface area contributed by atoms with Crippen molar-refractivity contribution in [3.63, 3.8) is 0 Å². The van der Waals surface area contributed by atoms with E-state index in [1.807, 2.05) is 0 Å². The molecule has 0 bridgehead atoms. The lowest BCUT2D eigenvalue weighted by Gasteiger charge is -2.29. The molecule has 7 heteroatoms. The zero-order chi connectivity index (χ0) is 12.3. The number of nitrogens with zero attached hydrogens (tertiary/aromatic N) is 3. The molecule has 1 aliphatic rings. The van der Waals surface area contributed by atoms with Gasteiger partial charge in [0, 0.05) is 13.1 Å². The van der Waals surface area contributed by atoms with Crippen LogP contribution in [0.5, 0.6) is 0 Å². The van der Waals surface area contributed by atoms with Crippen LogP contribution in [0.25, 0.3) is 0 Å². The highest BCUT2D eigenvalue weighted by atomic mass is 16.3. The first-order valence-corrected chi connectivity index (χ1v) is 5.46. The van der Waals surface area contributed by atoms with E-state index >= 15 is 0 Å². The molecule has 0 radical (unpaired) electrons. The number of nitrogens with two attached hydrogens (primary N) is 1. The first kappa shape index (κ1) is 11.7. The van der Waals surface area contributed by atoms with Gasteiger partial charge in [0.1, 0.15) is 5.69 Å². The van der Waals surface area contributed by atoms with Crippen molar-refractivity contribution in [2.45, 2.75) is 18.9 Å². The standard InChI is InChI=1S/C10H15N5O2/c11-14-9-5-12-8(4-13-9)10(17)15-3-1-2-7(16)6-15/h4-5,7,16H,1-3,6,11H2,(H,13,14). The molecular formula is C10H15N5O2. The molecular weight excluding hydrogens is 222 g/mol. The Balaban J connectivity index is 2.07. The minimum Gasteiger partial charge on any atom is -0.391 e. The summed E-state index contributed by atoms with van der Waals surface area (Å²) in [5, 5.41) is 9.50. The quantitative estimate of drug-likeness (QED) is 0.467. The van der Waals surface area contributed by atoms with E-state index in [1.165, 1.54) is 12.4 Å². The molecule has 1 aromatic heterocycles. The molecule has 1 unspecified atom stereocenters. The van der Waals surface area contributed by atoms with Crippen molar-refractivity contribution in [2.24, 2.45) is 5.84 Å². The molecule has 1 fully saturated rings. The molecule has 4 N–H and O–H groups in total. The summed E-state index contributed by atoms with van der Waals surface area (Å²) in [6.45, 7) is 1.01. The van der Waals surface area contributed by atoms with Gasteiger partial charge in [0.05, 0.1) is 18.5 Å². The van der Waals surface area contributed by atoms with E-state index in [9.17, 15) is 9.90 Å². The predicted molar refractivity (Wildman–Crippen MR) is 61.0 cm³/mol. The van der Waals surface area contributed by atoms with Crippen LogP contribution < -0.4 is 11.3 Å². The normalized spacial score (nSPS) is 20.1. The van der Waals surface area contributed by atoms with E-state index in [1.54, 1.807) is 4.90 Å². The first-order valence-electron chi connectivity index (χ1n) is 5.46. The summed E-state index contributed by atoms with van der Waals surface area (Å²) in [5.41, 5.74) is 2.60. The summed E-state index contributed by atoms with van der Waals surface area (Å²) in [7, 11) is 0. The predicted octanol–water partition coefficient (Wildman–Crippen LogP) is -0.641. The van der Waals surface area contributed by atoms with Gasteiger partial charge in [-0.1, -0.05) is 0 Å². The number of aromatic nitrogens is 2. The van der Waals surface area contributed by atoms with Crippen LogP contribution in [-0.2, 0) is 0 Å². The van der Waals surface area contributed by atoms with Crippen LogP contribution in [0.4, 0.5) is 5.82 Å².